The van der Waals surface area contributed by atoms with Crippen molar-refractivity contribution in [2.45, 2.75) is 50.1 Å². The molecule has 0 saturated heterocycles. The lowest BCUT2D eigenvalue weighted by Gasteiger charge is -2.43. The number of aliphatic hydroxyl groups is 2. The summed E-state index contributed by atoms with van der Waals surface area (Å²) in [7, 11) is 0. The van der Waals surface area contributed by atoms with E-state index in [9.17, 15) is 10.2 Å². The van der Waals surface area contributed by atoms with E-state index in [2.05, 4.69) is 52.3 Å². The van der Waals surface area contributed by atoms with Crippen molar-refractivity contribution in [1.29, 1.82) is 0 Å². The minimum absolute atomic E-state index is 0.0568. The zero-order chi connectivity index (χ0) is 14.8. The lowest BCUT2D eigenvalue weighted by molar-refractivity contribution is -0.0124. The molecule has 0 amide bonds. The van der Waals surface area contributed by atoms with Crippen LogP contribution in [-0.4, -0.2) is 32.1 Å². The number of allylic oxidation sites excluding steroid dienone is 2. The van der Waals surface area contributed by atoms with Crippen molar-refractivity contribution >= 4 is 31.9 Å². The highest BCUT2D eigenvalue weighted by Gasteiger charge is 2.40. The standard InChI is InChI=1S/C15H24Br2O2/c1-10-5-6-12(17)14(2,3)11(10)7-8-15(4,19)13(18)9-16/h7-8,11-13,18-19H,1,5-6,9H2,2-4H3. The van der Waals surface area contributed by atoms with Crippen molar-refractivity contribution in [1.82, 2.24) is 0 Å². The fourth-order valence-electron chi connectivity index (χ4n) is 2.50. The molecule has 19 heavy (non-hydrogen) atoms. The molecule has 2 N–H and O–H groups in total. The predicted molar refractivity (Wildman–Crippen MR) is 87.9 cm³/mol. The Balaban J connectivity index is 2.92. The second-order valence-electron chi connectivity index (χ2n) is 6.22. The Hall–Kier alpha value is 0.360. The largest absolute Gasteiger partial charge is 0.389 e. The Bertz CT molecular complexity index is 361. The molecule has 0 aromatic heterocycles. The summed E-state index contributed by atoms with van der Waals surface area (Å²) in [6.07, 6.45) is 4.99. The van der Waals surface area contributed by atoms with Gasteiger partial charge in [0.05, 0.1) is 6.10 Å². The average molecular weight is 396 g/mol. The molecule has 1 fully saturated rings. The number of halogens is 2. The second-order valence-corrected chi connectivity index (χ2v) is 7.97. The van der Waals surface area contributed by atoms with Crippen LogP contribution in [-0.2, 0) is 0 Å². The van der Waals surface area contributed by atoms with E-state index >= 15 is 0 Å². The summed E-state index contributed by atoms with van der Waals surface area (Å²) in [6.45, 7) is 10.2. The van der Waals surface area contributed by atoms with E-state index in [4.69, 9.17) is 0 Å². The van der Waals surface area contributed by atoms with Gasteiger partial charge in [-0.3, -0.25) is 0 Å². The normalized spacial score (nSPS) is 32.3. The molecule has 0 bridgehead atoms. The fourth-order valence-corrected chi connectivity index (χ4v) is 3.67. The van der Waals surface area contributed by atoms with E-state index < -0.39 is 11.7 Å². The van der Waals surface area contributed by atoms with E-state index in [1.54, 1.807) is 13.0 Å². The van der Waals surface area contributed by atoms with E-state index in [0.717, 1.165) is 12.8 Å². The van der Waals surface area contributed by atoms with Gasteiger partial charge in [0.1, 0.15) is 5.60 Å². The van der Waals surface area contributed by atoms with Gasteiger partial charge in [0.25, 0.3) is 0 Å². The molecular formula is C15H24Br2O2. The van der Waals surface area contributed by atoms with Crippen LogP contribution in [0.5, 0.6) is 0 Å². The van der Waals surface area contributed by atoms with Crippen LogP contribution in [0.1, 0.15) is 33.6 Å². The van der Waals surface area contributed by atoms with Crippen LogP contribution in [0.3, 0.4) is 0 Å². The number of rotatable bonds is 4. The van der Waals surface area contributed by atoms with E-state index in [-0.39, 0.29) is 11.3 Å². The molecule has 0 radical (unpaired) electrons. The Morgan fingerprint density at radius 2 is 2.16 bits per heavy atom. The van der Waals surface area contributed by atoms with Crippen molar-refractivity contribution in [3.8, 4) is 0 Å². The lowest BCUT2D eigenvalue weighted by Crippen LogP contribution is -2.40. The monoisotopic (exact) mass is 394 g/mol. The maximum atomic E-state index is 10.2. The van der Waals surface area contributed by atoms with Gasteiger partial charge in [-0.25, -0.2) is 0 Å². The van der Waals surface area contributed by atoms with Crippen LogP contribution >= 0.6 is 31.9 Å². The SMILES string of the molecule is C=C1CCC(Br)C(C)(C)C1C=CC(C)(O)C(O)CBr. The molecule has 1 saturated carbocycles. The summed E-state index contributed by atoms with van der Waals surface area (Å²) in [5, 5.41) is 20.4. The minimum atomic E-state index is -1.22. The molecule has 0 heterocycles. The fraction of sp³-hybridized carbons (Fsp3) is 0.733. The Labute approximate surface area is 133 Å². The smallest absolute Gasteiger partial charge is 0.107 e. The van der Waals surface area contributed by atoms with Crippen LogP contribution in [0.4, 0.5) is 0 Å². The van der Waals surface area contributed by atoms with Gasteiger partial charge in [-0.1, -0.05) is 70.0 Å². The van der Waals surface area contributed by atoms with Crippen LogP contribution in [0, 0.1) is 11.3 Å². The maximum absolute atomic E-state index is 10.2. The Morgan fingerprint density at radius 3 is 2.68 bits per heavy atom. The molecule has 2 nitrogen and oxygen atoms in total. The van der Waals surface area contributed by atoms with Gasteiger partial charge in [0.2, 0.25) is 0 Å². The third-order valence-corrected chi connectivity index (χ3v) is 6.47. The molecule has 0 aromatic rings. The summed E-state index contributed by atoms with van der Waals surface area (Å²) in [6, 6.07) is 0. The van der Waals surface area contributed by atoms with Crippen molar-refractivity contribution in [2.75, 3.05) is 5.33 Å². The van der Waals surface area contributed by atoms with Gasteiger partial charge in [-0.2, -0.15) is 0 Å². The zero-order valence-corrected chi connectivity index (χ0v) is 15.0. The molecule has 4 unspecified atom stereocenters. The zero-order valence-electron chi connectivity index (χ0n) is 11.9. The molecule has 1 aliphatic carbocycles. The molecular weight excluding hydrogens is 372 g/mol. The Morgan fingerprint density at radius 1 is 1.58 bits per heavy atom. The summed E-state index contributed by atoms with van der Waals surface area (Å²) in [4.78, 5) is 0.436. The van der Waals surface area contributed by atoms with Gasteiger partial charge in [0, 0.05) is 16.1 Å². The van der Waals surface area contributed by atoms with Crippen molar-refractivity contribution < 1.29 is 10.2 Å². The summed E-state index contributed by atoms with van der Waals surface area (Å²) in [5.41, 5.74) is 0.0292. The third kappa shape index (κ3) is 3.93. The molecule has 0 aliphatic heterocycles. The van der Waals surface area contributed by atoms with Crippen molar-refractivity contribution in [3.05, 3.63) is 24.3 Å². The lowest BCUT2D eigenvalue weighted by atomic mass is 9.66. The maximum Gasteiger partial charge on any atom is 0.107 e. The molecule has 4 atom stereocenters. The molecule has 1 rings (SSSR count). The first kappa shape index (κ1) is 17.4. The van der Waals surface area contributed by atoms with Gasteiger partial charge in [-0.15, -0.1) is 0 Å². The average Bonchev–Trinajstić information content (AvgIpc) is 2.32. The molecule has 1 aliphatic rings. The number of aliphatic hydroxyl groups excluding tert-OH is 1. The quantitative estimate of drug-likeness (QED) is 0.561. The molecule has 0 spiro atoms. The van der Waals surface area contributed by atoms with Gasteiger partial charge in [-0.05, 0) is 25.2 Å². The molecule has 4 heteroatoms. The van der Waals surface area contributed by atoms with Crippen LogP contribution in [0.25, 0.3) is 0 Å². The first-order valence-corrected chi connectivity index (χ1v) is 8.64. The Kier molecular flexibility index (Phi) is 5.88. The second kappa shape index (κ2) is 6.42. The highest BCUT2D eigenvalue weighted by molar-refractivity contribution is 9.09. The summed E-state index contributed by atoms with van der Waals surface area (Å²) in [5.74, 6) is 0.208. The third-order valence-electron chi connectivity index (χ3n) is 4.21. The van der Waals surface area contributed by atoms with Crippen molar-refractivity contribution in [3.63, 3.8) is 0 Å². The topological polar surface area (TPSA) is 40.5 Å². The number of alkyl halides is 2. The molecule has 110 valence electrons. The summed E-state index contributed by atoms with van der Waals surface area (Å²) < 4.78 is 0. The van der Waals surface area contributed by atoms with Crippen LogP contribution < -0.4 is 0 Å². The number of hydrogen-bond acceptors (Lipinski definition) is 2. The predicted octanol–water partition coefficient (Wildman–Crippen LogP) is 3.81. The van der Waals surface area contributed by atoms with E-state index in [1.165, 1.54) is 5.57 Å². The van der Waals surface area contributed by atoms with Gasteiger partial charge >= 0.3 is 0 Å². The first-order chi connectivity index (χ1) is 8.63. The van der Waals surface area contributed by atoms with Gasteiger partial charge < -0.3 is 10.2 Å². The molecule has 0 aromatic carbocycles. The van der Waals surface area contributed by atoms with Crippen LogP contribution in [0.2, 0.25) is 0 Å². The minimum Gasteiger partial charge on any atom is -0.389 e. The van der Waals surface area contributed by atoms with Gasteiger partial charge in [0.15, 0.2) is 0 Å². The summed E-state index contributed by atoms with van der Waals surface area (Å²) >= 11 is 6.94. The van der Waals surface area contributed by atoms with E-state index in [0.29, 0.717) is 10.2 Å². The van der Waals surface area contributed by atoms with Crippen LogP contribution in [0.15, 0.2) is 24.3 Å². The number of hydrogen-bond donors (Lipinski definition) is 2. The van der Waals surface area contributed by atoms with E-state index in [1.807, 2.05) is 6.08 Å². The highest BCUT2D eigenvalue weighted by atomic mass is 79.9. The highest BCUT2D eigenvalue weighted by Crippen LogP contribution is 2.47. The first-order valence-electron chi connectivity index (χ1n) is 6.60. The van der Waals surface area contributed by atoms with Crippen molar-refractivity contribution in [2.24, 2.45) is 11.3 Å².